The van der Waals surface area contributed by atoms with Crippen LogP contribution in [0.5, 0.6) is 11.5 Å². The zero-order valence-corrected chi connectivity index (χ0v) is 12.4. The average molecular weight is 279 g/mol. The predicted octanol–water partition coefficient (Wildman–Crippen LogP) is 2.34. The van der Waals surface area contributed by atoms with Crippen LogP contribution >= 0.6 is 0 Å². The van der Waals surface area contributed by atoms with Crippen molar-refractivity contribution in [2.24, 2.45) is 5.92 Å². The van der Waals surface area contributed by atoms with Gasteiger partial charge in [-0.2, -0.15) is 0 Å². The average Bonchev–Trinajstić information content (AvgIpc) is 2.52. The molecule has 0 unspecified atom stereocenters. The summed E-state index contributed by atoms with van der Waals surface area (Å²) in [5.74, 6) is 2.08. The van der Waals surface area contributed by atoms with Gasteiger partial charge < -0.3 is 19.9 Å². The molecule has 1 aromatic carbocycles. The van der Waals surface area contributed by atoms with Crippen LogP contribution in [-0.4, -0.2) is 32.0 Å². The van der Waals surface area contributed by atoms with E-state index in [4.69, 9.17) is 14.6 Å². The van der Waals surface area contributed by atoms with Crippen LogP contribution < -0.4 is 14.8 Å². The van der Waals surface area contributed by atoms with Crippen LogP contribution in [0, 0.1) is 5.92 Å². The van der Waals surface area contributed by atoms with E-state index in [2.05, 4.69) is 11.4 Å². The Morgan fingerprint density at radius 2 is 1.90 bits per heavy atom. The van der Waals surface area contributed by atoms with Crippen LogP contribution in [0.2, 0.25) is 0 Å². The van der Waals surface area contributed by atoms with Gasteiger partial charge in [-0.05, 0) is 37.7 Å². The van der Waals surface area contributed by atoms with Crippen molar-refractivity contribution in [1.82, 2.24) is 5.32 Å². The molecule has 0 atom stereocenters. The molecule has 0 radical (unpaired) electrons. The molecule has 0 spiro atoms. The van der Waals surface area contributed by atoms with Gasteiger partial charge >= 0.3 is 0 Å². The van der Waals surface area contributed by atoms with E-state index in [9.17, 15) is 0 Å². The SMILES string of the molecule is COc1cccc(CNC2CCC(CO)CC2)c1OC. The molecule has 112 valence electrons. The van der Waals surface area contributed by atoms with Gasteiger partial charge in [-0.15, -0.1) is 0 Å². The highest BCUT2D eigenvalue weighted by Gasteiger charge is 2.20. The molecule has 4 heteroatoms. The number of aliphatic hydroxyl groups is 1. The van der Waals surface area contributed by atoms with Crippen LogP contribution in [-0.2, 0) is 6.54 Å². The quantitative estimate of drug-likeness (QED) is 0.839. The van der Waals surface area contributed by atoms with Gasteiger partial charge in [-0.25, -0.2) is 0 Å². The molecule has 2 rings (SSSR count). The van der Waals surface area contributed by atoms with Gasteiger partial charge in [0.1, 0.15) is 0 Å². The molecule has 0 bridgehead atoms. The Morgan fingerprint density at radius 1 is 1.15 bits per heavy atom. The largest absolute Gasteiger partial charge is 0.493 e. The Bertz CT molecular complexity index is 414. The molecule has 4 nitrogen and oxygen atoms in total. The maximum absolute atomic E-state index is 9.16. The molecule has 1 aliphatic rings. The standard InChI is InChI=1S/C16H25NO3/c1-19-15-5-3-4-13(16(15)20-2)10-17-14-8-6-12(11-18)7-9-14/h3-5,12,14,17-18H,6-11H2,1-2H3. The fourth-order valence-corrected chi connectivity index (χ4v) is 2.90. The van der Waals surface area contributed by atoms with Crippen LogP contribution in [0.15, 0.2) is 18.2 Å². The normalized spacial score (nSPS) is 22.6. The molecule has 1 fully saturated rings. The molecular formula is C16H25NO3. The van der Waals surface area contributed by atoms with E-state index < -0.39 is 0 Å². The molecular weight excluding hydrogens is 254 g/mol. The third-order valence-corrected chi connectivity index (χ3v) is 4.17. The lowest BCUT2D eigenvalue weighted by molar-refractivity contribution is 0.175. The summed E-state index contributed by atoms with van der Waals surface area (Å²) in [6.07, 6.45) is 4.50. The molecule has 2 N–H and O–H groups in total. The summed E-state index contributed by atoms with van der Waals surface area (Å²) in [4.78, 5) is 0. The maximum Gasteiger partial charge on any atom is 0.165 e. The van der Waals surface area contributed by atoms with Gasteiger partial charge in [0.05, 0.1) is 14.2 Å². The summed E-state index contributed by atoms with van der Waals surface area (Å²) in [6, 6.07) is 6.50. The molecule has 0 aliphatic heterocycles. The number of rotatable bonds is 6. The molecule has 1 aliphatic carbocycles. The number of benzene rings is 1. The third-order valence-electron chi connectivity index (χ3n) is 4.17. The van der Waals surface area contributed by atoms with Crippen molar-refractivity contribution < 1.29 is 14.6 Å². The summed E-state index contributed by atoms with van der Waals surface area (Å²) in [5, 5.41) is 12.8. The number of nitrogens with one attached hydrogen (secondary N) is 1. The van der Waals surface area contributed by atoms with Crippen molar-refractivity contribution in [2.75, 3.05) is 20.8 Å². The smallest absolute Gasteiger partial charge is 0.165 e. The Morgan fingerprint density at radius 3 is 2.50 bits per heavy atom. The van der Waals surface area contributed by atoms with Crippen molar-refractivity contribution in [1.29, 1.82) is 0 Å². The minimum Gasteiger partial charge on any atom is -0.493 e. The number of methoxy groups -OCH3 is 2. The van der Waals surface area contributed by atoms with Crippen molar-refractivity contribution >= 4 is 0 Å². The molecule has 0 heterocycles. The predicted molar refractivity (Wildman–Crippen MR) is 79.2 cm³/mol. The van der Waals surface area contributed by atoms with Crippen LogP contribution in [0.3, 0.4) is 0 Å². The Labute approximate surface area is 121 Å². The van der Waals surface area contributed by atoms with Gasteiger partial charge in [-0.1, -0.05) is 12.1 Å². The van der Waals surface area contributed by atoms with E-state index in [-0.39, 0.29) is 0 Å². The lowest BCUT2D eigenvalue weighted by atomic mass is 9.86. The van der Waals surface area contributed by atoms with Gasteiger partial charge in [-0.3, -0.25) is 0 Å². The van der Waals surface area contributed by atoms with Crippen LogP contribution in [0.25, 0.3) is 0 Å². The second kappa shape index (κ2) is 7.50. The first kappa shape index (κ1) is 15.1. The molecule has 0 saturated heterocycles. The zero-order valence-electron chi connectivity index (χ0n) is 12.4. The highest BCUT2D eigenvalue weighted by molar-refractivity contribution is 5.46. The number of ether oxygens (including phenoxy) is 2. The van der Waals surface area contributed by atoms with E-state index in [0.29, 0.717) is 18.6 Å². The van der Waals surface area contributed by atoms with Crippen LogP contribution in [0.4, 0.5) is 0 Å². The highest BCUT2D eigenvalue weighted by Crippen LogP contribution is 2.31. The van der Waals surface area contributed by atoms with Gasteiger partial charge in [0.15, 0.2) is 11.5 Å². The molecule has 1 saturated carbocycles. The summed E-state index contributed by atoms with van der Waals surface area (Å²) >= 11 is 0. The lowest BCUT2D eigenvalue weighted by Gasteiger charge is -2.28. The van der Waals surface area contributed by atoms with Crippen molar-refractivity contribution in [3.05, 3.63) is 23.8 Å². The zero-order chi connectivity index (χ0) is 14.4. The third kappa shape index (κ3) is 3.64. The second-order valence-corrected chi connectivity index (χ2v) is 5.43. The molecule has 0 amide bonds. The fraction of sp³-hybridized carbons (Fsp3) is 0.625. The van der Waals surface area contributed by atoms with Crippen molar-refractivity contribution in [3.8, 4) is 11.5 Å². The van der Waals surface area contributed by atoms with Gasteiger partial charge in [0, 0.05) is 24.8 Å². The number of aliphatic hydroxyl groups excluding tert-OH is 1. The first-order valence-corrected chi connectivity index (χ1v) is 7.32. The maximum atomic E-state index is 9.16. The van der Waals surface area contributed by atoms with E-state index in [1.165, 1.54) is 0 Å². The van der Waals surface area contributed by atoms with Crippen molar-refractivity contribution in [3.63, 3.8) is 0 Å². The van der Waals surface area contributed by atoms with E-state index in [1.807, 2.05) is 12.1 Å². The topological polar surface area (TPSA) is 50.7 Å². The molecule has 1 aromatic rings. The van der Waals surface area contributed by atoms with E-state index in [1.54, 1.807) is 14.2 Å². The summed E-state index contributed by atoms with van der Waals surface area (Å²) in [5.41, 5.74) is 1.12. The lowest BCUT2D eigenvalue weighted by Crippen LogP contribution is -2.33. The summed E-state index contributed by atoms with van der Waals surface area (Å²) < 4.78 is 10.8. The van der Waals surface area contributed by atoms with E-state index >= 15 is 0 Å². The first-order chi connectivity index (χ1) is 9.78. The highest BCUT2D eigenvalue weighted by atomic mass is 16.5. The Balaban J connectivity index is 1.91. The first-order valence-electron chi connectivity index (χ1n) is 7.32. The van der Waals surface area contributed by atoms with E-state index in [0.717, 1.165) is 49.3 Å². The number of hydrogen-bond acceptors (Lipinski definition) is 4. The summed E-state index contributed by atoms with van der Waals surface area (Å²) in [6.45, 7) is 1.12. The van der Waals surface area contributed by atoms with Crippen LogP contribution in [0.1, 0.15) is 31.2 Å². The summed E-state index contributed by atoms with van der Waals surface area (Å²) in [7, 11) is 3.33. The van der Waals surface area contributed by atoms with Gasteiger partial charge in [0.25, 0.3) is 0 Å². The number of para-hydroxylation sites is 1. The Hall–Kier alpha value is -1.26. The number of hydrogen-bond donors (Lipinski definition) is 2. The molecule has 0 aromatic heterocycles. The minimum absolute atomic E-state index is 0.330. The minimum atomic E-state index is 0.330. The monoisotopic (exact) mass is 279 g/mol. The fourth-order valence-electron chi connectivity index (χ4n) is 2.90. The Kier molecular flexibility index (Phi) is 5.68. The second-order valence-electron chi connectivity index (χ2n) is 5.43. The molecule has 20 heavy (non-hydrogen) atoms. The van der Waals surface area contributed by atoms with Gasteiger partial charge in [0.2, 0.25) is 0 Å². The van der Waals surface area contributed by atoms with Crippen molar-refractivity contribution in [2.45, 2.75) is 38.3 Å².